The molecule has 6 nitrogen and oxygen atoms in total. The molecule has 1 amide bonds. The van der Waals surface area contributed by atoms with Crippen molar-refractivity contribution in [3.63, 3.8) is 0 Å². The number of nitro groups is 1. The zero-order valence-electron chi connectivity index (χ0n) is 8.77. The van der Waals surface area contributed by atoms with Crippen LogP contribution in [0, 0.1) is 15.9 Å². The highest BCUT2D eigenvalue weighted by atomic mass is 19.1. The van der Waals surface area contributed by atoms with E-state index < -0.39 is 22.3 Å². The molecule has 1 aliphatic heterocycles. The SMILES string of the molecule is O=C(NC1CNC1)c1cc(F)ccc1[N+](=O)[O-]. The van der Waals surface area contributed by atoms with Gasteiger partial charge in [0.1, 0.15) is 11.4 Å². The quantitative estimate of drug-likeness (QED) is 0.592. The van der Waals surface area contributed by atoms with Gasteiger partial charge in [-0.1, -0.05) is 0 Å². The van der Waals surface area contributed by atoms with Crippen LogP contribution >= 0.6 is 0 Å². The van der Waals surface area contributed by atoms with Gasteiger partial charge in [-0.25, -0.2) is 4.39 Å². The third-order valence-electron chi connectivity index (χ3n) is 2.52. The molecule has 1 saturated heterocycles. The van der Waals surface area contributed by atoms with E-state index in [9.17, 15) is 19.3 Å². The van der Waals surface area contributed by atoms with Gasteiger partial charge in [0.05, 0.1) is 11.0 Å². The summed E-state index contributed by atoms with van der Waals surface area (Å²) < 4.78 is 13.0. The van der Waals surface area contributed by atoms with Crippen LogP contribution in [0.4, 0.5) is 10.1 Å². The van der Waals surface area contributed by atoms with Crippen LogP contribution < -0.4 is 10.6 Å². The zero-order chi connectivity index (χ0) is 12.4. The molecule has 0 radical (unpaired) electrons. The van der Waals surface area contributed by atoms with Crippen LogP contribution in [-0.2, 0) is 0 Å². The fourth-order valence-corrected chi connectivity index (χ4v) is 1.50. The minimum atomic E-state index is -0.701. The maximum Gasteiger partial charge on any atom is 0.282 e. The number of nitro benzene ring substituents is 1. The fourth-order valence-electron chi connectivity index (χ4n) is 1.50. The van der Waals surface area contributed by atoms with E-state index in [0.29, 0.717) is 13.1 Å². The first-order chi connectivity index (χ1) is 8.08. The van der Waals surface area contributed by atoms with E-state index in [1.165, 1.54) is 0 Å². The molecular weight excluding hydrogens is 229 g/mol. The van der Waals surface area contributed by atoms with Gasteiger partial charge in [-0.15, -0.1) is 0 Å². The Bertz CT molecular complexity index is 474. The average Bonchev–Trinajstić information content (AvgIpc) is 2.22. The number of nitrogens with one attached hydrogen (secondary N) is 2. The summed E-state index contributed by atoms with van der Waals surface area (Å²) in [7, 11) is 0. The van der Waals surface area contributed by atoms with Crippen LogP contribution in [0.2, 0.25) is 0 Å². The van der Waals surface area contributed by atoms with Crippen molar-refractivity contribution < 1.29 is 14.1 Å². The van der Waals surface area contributed by atoms with E-state index in [0.717, 1.165) is 18.2 Å². The molecule has 90 valence electrons. The number of rotatable bonds is 3. The first-order valence-electron chi connectivity index (χ1n) is 5.03. The summed E-state index contributed by atoms with van der Waals surface area (Å²) in [6.07, 6.45) is 0. The Morgan fingerprint density at radius 1 is 1.53 bits per heavy atom. The molecule has 2 rings (SSSR count). The Morgan fingerprint density at radius 2 is 2.24 bits per heavy atom. The molecule has 7 heteroatoms. The van der Waals surface area contributed by atoms with Crippen LogP contribution in [0.5, 0.6) is 0 Å². The maximum atomic E-state index is 13.0. The molecule has 1 aliphatic rings. The summed E-state index contributed by atoms with van der Waals surface area (Å²) in [6, 6.07) is 2.77. The van der Waals surface area contributed by atoms with Crippen molar-refractivity contribution in [3.05, 3.63) is 39.7 Å². The molecule has 2 N–H and O–H groups in total. The molecule has 0 atom stereocenters. The van der Waals surface area contributed by atoms with E-state index in [1.807, 2.05) is 0 Å². The Hall–Kier alpha value is -2.02. The van der Waals surface area contributed by atoms with Gasteiger partial charge in [-0.2, -0.15) is 0 Å². The van der Waals surface area contributed by atoms with Crippen LogP contribution in [0.25, 0.3) is 0 Å². The van der Waals surface area contributed by atoms with Gasteiger partial charge in [0.15, 0.2) is 0 Å². The topological polar surface area (TPSA) is 84.3 Å². The van der Waals surface area contributed by atoms with Crippen molar-refractivity contribution in [3.8, 4) is 0 Å². The standard InChI is InChI=1S/C10H10FN3O3/c11-6-1-2-9(14(16)17)8(3-6)10(15)13-7-4-12-5-7/h1-3,7,12H,4-5H2,(H,13,15). The number of halogens is 1. The summed E-state index contributed by atoms with van der Waals surface area (Å²) in [5.41, 5.74) is -0.641. The predicted octanol–water partition coefficient (Wildman–Crippen LogP) is 0.436. The van der Waals surface area contributed by atoms with Gasteiger partial charge in [-0.3, -0.25) is 14.9 Å². The summed E-state index contributed by atoms with van der Waals surface area (Å²) in [5, 5.41) is 16.2. The Labute approximate surface area is 96.0 Å². The lowest BCUT2D eigenvalue weighted by atomic mass is 10.1. The molecule has 0 saturated carbocycles. The number of hydrogen-bond acceptors (Lipinski definition) is 4. The number of carbonyl (C=O) groups is 1. The van der Waals surface area contributed by atoms with E-state index in [1.54, 1.807) is 0 Å². The van der Waals surface area contributed by atoms with E-state index in [4.69, 9.17) is 0 Å². The van der Waals surface area contributed by atoms with Crippen LogP contribution in [0.3, 0.4) is 0 Å². The molecule has 1 aromatic rings. The Kier molecular flexibility index (Phi) is 3.01. The first kappa shape index (κ1) is 11.5. The van der Waals surface area contributed by atoms with Gasteiger partial charge in [0.25, 0.3) is 11.6 Å². The minimum Gasteiger partial charge on any atom is -0.347 e. The van der Waals surface area contributed by atoms with Gasteiger partial charge in [-0.05, 0) is 12.1 Å². The molecule has 0 bridgehead atoms. The lowest BCUT2D eigenvalue weighted by Gasteiger charge is -2.27. The average molecular weight is 239 g/mol. The van der Waals surface area contributed by atoms with Crippen molar-refractivity contribution in [1.82, 2.24) is 10.6 Å². The molecular formula is C10H10FN3O3. The number of benzene rings is 1. The Balaban J connectivity index is 2.25. The molecule has 1 fully saturated rings. The minimum absolute atomic E-state index is 0.0506. The normalized spacial score (nSPS) is 15.1. The van der Waals surface area contributed by atoms with Crippen molar-refractivity contribution in [2.45, 2.75) is 6.04 Å². The highest BCUT2D eigenvalue weighted by molar-refractivity contribution is 5.98. The number of carbonyl (C=O) groups excluding carboxylic acids is 1. The Morgan fingerprint density at radius 3 is 2.76 bits per heavy atom. The van der Waals surface area contributed by atoms with Crippen molar-refractivity contribution >= 4 is 11.6 Å². The molecule has 0 aromatic heterocycles. The second-order valence-electron chi connectivity index (χ2n) is 3.75. The predicted molar refractivity (Wildman–Crippen MR) is 57.2 cm³/mol. The number of hydrogen-bond donors (Lipinski definition) is 2. The molecule has 0 spiro atoms. The lowest BCUT2D eigenvalue weighted by molar-refractivity contribution is -0.385. The second kappa shape index (κ2) is 4.46. The van der Waals surface area contributed by atoms with Crippen LogP contribution in [0.1, 0.15) is 10.4 Å². The summed E-state index contributed by atoms with van der Waals surface area (Å²) in [6.45, 7) is 1.24. The molecule has 1 aromatic carbocycles. The van der Waals surface area contributed by atoms with E-state index in [-0.39, 0.29) is 11.6 Å². The molecule has 0 unspecified atom stereocenters. The third kappa shape index (κ3) is 2.39. The number of nitrogens with zero attached hydrogens (tertiary/aromatic N) is 1. The maximum absolute atomic E-state index is 13.0. The zero-order valence-corrected chi connectivity index (χ0v) is 8.77. The van der Waals surface area contributed by atoms with Gasteiger partial charge in [0, 0.05) is 19.2 Å². The summed E-state index contributed by atoms with van der Waals surface area (Å²) >= 11 is 0. The van der Waals surface area contributed by atoms with Crippen LogP contribution in [-0.4, -0.2) is 30.0 Å². The van der Waals surface area contributed by atoms with Crippen molar-refractivity contribution in [2.24, 2.45) is 0 Å². The van der Waals surface area contributed by atoms with Crippen molar-refractivity contribution in [1.29, 1.82) is 0 Å². The van der Waals surface area contributed by atoms with Crippen LogP contribution in [0.15, 0.2) is 18.2 Å². The van der Waals surface area contributed by atoms with Gasteiger partial charge < -0.3 is 10.6 Å². The fraction of sp³-hybridized carbons (Fsp3) is 0.300. The van der Waals surface area contributed by atoms with Gasteiger partial charge in [0.2, 0.25) is 0 Å². The van der Waals surface area contributed by atoms with E-state index in [2.05, 4.69) is 10.6 Å². The second-order valence-corrected chi connectivity index (χ2v) is 3.75. The van der Waals surface area contributed by atoms with Crippen molar-refractivity contribution in [2.75, 3.05) is 13.1 Å². The highest BCUT2D eigenvalue weighted by Gasteiger charge is 2.25. The monoisotopic (exact) mass is 239 g/mol. The highest BCUT2D eigenvalue weighted by Crippen LogP contribution is 2.19. The first-order valence-corrected chi connectivity index (χ1v) is 5.03. The largest absolute Gasteiger partial charge is 0.347 e. The van der Waals surface area contributed by atoms with Gasteiger partial charge >= 0.3 is 0 Å². The molecule has 17 heavy (non-hydrogen) atoms. The third-order valence-corrected chi connectivity index (χ3v) is 2.52. The summed E-state index contributed by atoms with van der Waals surface area (Å²) in [5.74, 6) is -1.30. The van der Waals surface area contributed by atoms with E-state index >= 15 is 0 Å². The lowest BCUT2D eigenvalue weighted by Crippen LogP contribution is -2.57. The summed E-state index contributed by atoms with van der Waals surface area (Å²) in [4.78, 5) is 21.7. The molecule has 0 aliphatic carbocycles. The number of amides is 1. The smallest absolute Gasteiger partial charge is 0.282 e. The molecule has 1 heterocycles.